The van der Waals surface area contributed by atoms with Gasteiger partial charge in [0.15, 0.2) is 0 Å². The third-order valence-corrected chi connectivity index (χ3v) is 4.96. The zero-order chi connectivity index (χ0) is 10.0. The number of esters is 1. The number of carbonyl (C=O) groups is 1. The standard InChI is InChI=1S/C8H15NO2S2/c1-5(7(10)11-4)12-8-6(13-8)9(2)3/h5-6,8H,1-4H3. The average molecular weight is 221 g/mol. The Morgan fingerprint density at radius 3 is 2.62 bits per heavy atom. The molecule has 0 spiro atoms. The van der Waals surface area contributed by atoms with E-state index in [1.807, 2.05) is 18.7 Å². The Labute approximate surface area is 87.6 Å². The van der Waals surface area contributed by atoms with E-state index in [0.29, 0.717) is 9.96 Å². The fourth-order valence-electron chi connectivity index (χ4n) is 0.979. The normalized spacial score (nSPS) is 28.7. The molecule has 0 amide bonds. The van der Waals surface area contributed by atoms with Crippen molar-refractivity contribution in [1.29, 1.82) is 0 Å². The number of carbonyl (C=O) groups excluding carboxylic acids is 1. The van der Waals surface area contributed by atoms with E-state index in [-0.39, 0.29) is 11.2 Å². The highest BCUT2D eigenvalue weighted by atomic mass is 32.2. The maximum Gasteiger partial charge on any atom is 0.318 e. The summed E-state index contributed by atoms with van der Waals surface area (Å²) in [6.45, 7) is 1.89. The minimum atomic E-state index is -0.130. The largest absolute Gasteiger partial charge is 0.468 e. The zero-order valence-electron chi connectivity index (χ0n) is 8.31. The van der Waals surface area contributed by atoms with Crippen LogP contribution in [-0.4, -0.2) is 47.3 Å². The molecule has 0 aromatic heterocycles. The average Bonchev–Trinajstić information content (AvgIpc) is 2.82. The third kappa shape index (κ3) is 3.07. The molecule has 0 aromatic rings. The van der Waals surface area contributed by atoms with Crippen molar-refractivity contribution in [3.05, 3.63) is 0 Å². The maximum atomic E-state index is 11.1. The lowest BCUT2D eigenvalue weighted by atomic mass is 10.5. The Hall–Kier alpha value is 0.130. The summed E-state index contributed by atoms with van der Waals surface area (Å²) in [6.07, 6.45) is 0. The summed E-state index contributed by atoms with van der Waals surface area (Å²) in [4.78, 5) is 13.3. The van der Waals surface area contributed by atoms with Crippen molar-refractivity contribution in [1.82, 2.24) is 4.90 Å². The molecular formula is C8H15NO2S2. The number of methoxy groups -OCH3 is 1. The van der Waals surface area contributed by atoms with Crippen molar-refractivity contribution in [2.24, 2.45) is 0 Å². The number of ether oxygens (including phenoxy) is 1. The molecule has 1 aliphatic heterocycles. The van der Waals surface area contributed by atoms with Crippen LogP contribution in [0.4, 0.5) is 0 Å². The van der Waals surface area contributed by atoms with Crippen LogP contribution >= 0.6 is 23.5 Å². The lowest BCUT2D eigenvalue weighted by Crippen LogP contribution is -2.20. The lowest BCUT2D eigenvalue weighted by Gasteiger charge is -2.09. The SMILES string of the molecule is COC(=O)C(C)SC1SC1N(C)C. The highest BCUT2D eigenvalue weighted by molar-refractivity contribution is 8.24. The van der Waals surface area contributed by atoms with Crippen LogP contribution < -0.4 is 0 Å². The summed E-state index contributed by atoms with van der Waals surface area (Å²) in [7, 11) is 5.55. The van der Waals surface area contributed by atoms with E-state index in [2.05, 4.69) is 23.7 Å². The minimum absolute atomic E-state index is 0.0487. The maximum absolute atomic E-state index is 11.1. The molecule has 0 N–H and O–H groups in total. The summed E-state index contributed by atoms with van der Waals surface area (Å²) < 4.78 is 5.19. The third-order valence-electron chi connectivity index (χ3n) is 1.81. The van der Waals surface area contributed by atoms with E-state index in [9.17, 15) is 4.79 Å². The highest BCUT2D eigenvalue weighted by Gasteiger charge is 2.42. The molecule has 1 heterocycles. The van der Waals surface area contributed by atoms with Crippen LogP contribution in [0.1, 0.15) is 6.92 Å². The van der Waals surface area contributed by atoms with Crippen molar-refractivity contribution in [3.63, 3.8) is 0 Å². The van der Waals surface area contributed by atoms with Crippen molar-refractivity contribution in [2.75, 3.05) is 21.2 Å². The van der Waals surface area contributed by atoms with Gasteiger partial charge < -0.3 is 4.74 Å². The summed E-state index contributed by atoms with van der Waals surface area (Å²) in [5.74, 6) is -0.130. The van der Waals surface area contributed by atoms with Crippen LogP contribution in [0.3, 0.4) is 0 Å². The molecule has 0 aliphatic carbocycles. The van der Waals surface area contributed by atoms with Gasteiger partial charge in [0, 0.05) is 0 Å². The van der Waals surface area contributed by atoms with Crippen molar-refractivity contribution >= 4 is 29.5 Å². The van der Waals surface area contributed by atoms with Crippen molar-refractivity contribution < 1.29 is 9.53 Å². The quantitative estimate of drug-likeness (QED) is 0.526. The second kappa shape index (κ2) is 4.57. The van der Waals surface area contributed by atoms with E-state index in [4.69, 9.17) is 0 Å². The fourth-order valence-corrected chi connectivity index (χ4v) is 3.93. The first-order valence-electron chi connectivity index (χ1n) is 4.11. The Morgan fingerprint density at radius 1 is 1.62 bits per heavy atom. The molecule has 0 radical (unpaired) electrons. The van der Waals surface area contributed by atoms with Gasteiger partial charge in [0.05, 0.1) is 17.1 Å². The first kappa shape index (κ1) is 11.2. The first-order chi connectivity index (χ1) is 6.06. The van der Waals surface area contributed by atoms with Crippen LogP contribution in [0.5, 0.6) is 0 Å². The molecule has 13 heavy (non-hydrogen) atoms. The molecule has 1 saturated heterocycles. The van der Waals surface area contributed by atoms with Gasteiger partial charge in [-0.25, -0.2) is 0 Å². The van der Waals surface area contributed by atoms with Crippen LogP contribution in [0.2, 0.25) is 0 Å². The highest BCUT2D eigenvalue weighted by Crippen LogP contribution is 2.51. The van der Waals surface area contributed by atoms with Gasteiger partial charge in [-0.05, 0) is 21.0 Å². The molecule has 1 aliphatic rings. The lowest BCUT2D eigenvalue weighted by molar-refractivity contribution is -0.139. The van der Waals surface area contributed by atoms with Crippen LogP contribution in [0.25, 0.3) is 0 Å². The Bertz CT molecular complexity index is 199. The number of thioether (sulfide) groups is 2. The topological polar surface area (TPSA) is 29.5 Å². The molecule has 3 nitrogen and oxygen atoms in total. The molecular weight excluding hydrogens is 206 g/mol. The van der Waals surface area contributed by atoms with Crippen LogP contribution in [0, 0.1) is 0 Å². The van der Waals surface area contributed by atoms with Gasteiger partial charge in [0.2, 0.25) is 0 Å². The van der Waals surface area contributed by atoms with Gasteiger partial charge >= 0.3 is 5.97 Å². The van der Waals surface area contributed by atoms with Gasteiger partial charge in [-0.3, -0.25) is 9.69 Å². The van der Waals surface area contributed by atoms with E-state index >= 15 is 0 Å². The van der Waals surface area contributed by atoms with E-state index < -0.39 is 0 Å². The molecule has 3 atom stereocenters. The first-order valence-corrected chi connectivity index (χ1v) is 6.00. The van der Waals surface area contributed by atoms with Gasteiger partial charge in [-0.15, -0.1) is 23.5 Å². The Balaban J connectivity index is 2.24. The molecule has 5 heteroatoms. The summed E-state index contributed by atoms with van der Waals surface area (Å²) >= 11 is 3.56. The second-order valence-electron chi connectivity index (χ2n) is 3.16. The predicted molar refractivity (Wildman–Crippen MR) is 57.9 cm³/mol. The van der Waals surface area contributed by atoms with Crippen molar-refractivity contribution in [3.8, 4) is 0 Å². The van der Waals surface area contributed by atoms with Gasteiger partial charge in [-0.2, -0.15) is 0 Å². The van der Waals surface area contributed by atoms with Crippen LogP contribution in [0.15, 0.2) is 0 Å². The van der Waals surface area contributed by atoms with E-state index in [1.54, 1.807) is 11.8 Å². The molecule has 0 aromatic carbocycles. The fraction of sp³-hybridized carbons (Fsp3) is 0.875. The zero-order valence-corrected chi connectivity index (χ0v) is 9.95. The van der Waals surface area contributed by atoms with Gasteiger partial charge in [0.25, 0.3) is 0 Å². The van der Waals surface area contributed by atoms with Crippen molar-refractivity contribution in [2.45, 2.75) is 22.1 Å². The van der Waals surface area contributed by atoms with Gasteiger partial charge in [0.1, 0.15) is 5.25 Å². The summed E-state index contributed by atoms with van der Waals surface area (Å²) in [5, 5.41) is 0.518. The van der Waals surface area contributed by atoms with Crippen LogP contribution in [-0.2, 0) is 9.53 Å². The molecule has 1 rings (SSSR count). The number of hydrogen-bond donors (Lipinski definition) is 0. The second-order valence-corrected chi connectivity index (χ2v) is 6.21. The Kier molecular flexibility index (Phi) is 3.94. The predicted octanol–water partition coefficient (Wildman–Crippen LogP) is 1.24. The molecule has 0 saturated carbocycles. The number of hydrogen-bond acceptors (Lipinski definition) is 5. The van der Waals surface area contributed by atoms with E-state index in [0.717, 1.165) is 0 Å². The molecule has 76 valence electrons. The molecule has 3 unspecified atom stereocenters. The minimum Gasteiger partial charge on any atom is -0.468 e. The molecule has 0 bridgehead atoms. The molecule has 1 fully saturated rings. The number of nitrogens with zero attached hydrogens (tertiary/aromatic N) is 1. The smallest absolute Gasteiger partial charge is 0.318 e. The Morgan fingerprint density at radius 2 is 2.23 bits per heavy atom. The monoisotopic (exact) mass is 221 g/mol. The van der Waals surface area contributed by atoms with E-state index in [1.165, 1.54) is 7.11 Å². The summed E-state index contributed by atoms with van der Waals surface area (Å²) in [5.41, 5.74) is 0. The number of rotatable bonds is 4. The summed E-state index contributed by atoms with van der Waals surface area (Å²) in [6, 6.07) is 0. The van der Waals surface area contributed by atoms with Gasteiger partial charge in [-0.1, -0.05) is 0 Å².